The average Bonchev–Trinajstić information content (AvgIpc) is 3.14. The van der Waals surface area contributed by atoms with Crippen LogP contribution in [-0.4, -0.2) is 37.0 Å². The number of imidazole rings is 1. The monoisotopic (exact) mass is 358 g/mol. The van der Waals surface area contributed by atoms with Gasteiger partial charge in [-0.2, -0.15) is 0 Å². The van der Waals surface area contributed by atoms with E-state index in [2.05, 4.69) is 15.4 Å². The predicted octanol–water partition coefficient (Wildman–Crippen LogP) is 3.50. The lowest BCUT2D eigenvalue weighted by atomic mass is 9.93. The molecule has 0 radical (unpaired) electrons. The maximum atomic E-state index is 9.98. The van der Waals surface area contributed by atoms with Crippen molar-refractivity contribution in [3.63, 3.8) is 0 Å². The summed E-state index contributed by atoms with van der Waals surface area (Å²) in [5.74, 6) is 0.338. The van der Waals surface area contributed by atoms with E-state index in [0.29, 0.717) is 11.8 Å². The van der Waals surface area contributed by atoms with Gasteiger partial charge in [-0.3, -0.25) is 0 Å². The Kier molecular flexibility index (Phi) is 4.13. The highest BCUT2D eigenvalue weighted by Crippen LogP contribution is 2.32. The molecule has 0 spiro atoms. The number of nitrogens with one attached hydrogen (secondary N) is 1. The molecular weight excluding hydrogens is 336 g/mol. The average molecular weight is 358 g/mol. The Labute approximate surface area is 150 Å². The number of nitrogens with zero attached hydrogens (tertiary/aromatic N) is 3. The van der Waals surface area contributed by atoms with Crippen molar-refractivity contribution in [2.75, 3.05) is 5.32 Å². The summed E-state index contributed by atoms with van der Waals surface area (Å²) in [6, 6.07) is 4.28. The SMILES string of the molecule is Cc1cc(-c2cnc3sc(NC4CCC(O)CC4)nn23)cc(C)c1O. The van der Waals surface area contributed by atoms with E-state index >= 15 is 0 Å². The van der Waals surface area contributed by atoms with Gasteiger partial charge in [-0.05, 0) is 62.8 Å². The zero-order valence-electron chi connectivity index (χ0n) is 14.4. The fraction of sp³-hybridized carbons (Fsp3) is 0.444. The summed E-state index contributed by atoms with van der Waals surface area (Å²) < 4.78 is 1.86. The van der Waals surface area contributed by atoms with E-state index in [1.807, 2.05) is 36.7 Å². The van der Waals surface area contributed by atoms with Crippen molar-refractivity contribution >= 4 is 21.4 Å². The number of fused-ring (bicyclic) bond motifs is 1. The van der Waals surface area contributed by atoms with Gasteiger partial charge in [0, 0.05) is 11.6 Å². The molecule has 4 rings (SSSR count). The third-order valence-corrected chi connectivity index (χ3v) is 5.75. The fourth-order valence-electron chi connectivity index (χ4n) is 3.45. The second-order valence-electron chi connectivity index (χ2n) is 6.85. The van der Waals surface area contributed by atoms with Gasteiger partial charge >= 0.3 is 0 Å². The normalized spacial score (nSPS) is 20.9. The van der Waals surface area contributed by atoms with Crippen LogP contribution in [-0.2, 0) is 0 Å². The number of rotatable bonds is 3. The van der Waals surface area contributed by atoms with Gasteiger partial charge in [0.2, 0.25) is 10.1 Å². The largest absolute Gasteiger partial charge is 0.507 e. The summed E-state index contributed by atoms with van der Waals surface area (Å²) in [6.07, 6.45) is 5.29. The number of aromatic nitrogens is 3. The number of hydrogen-bond donors (Lipinski definition) is 3. The van der Waals surface area contributed by atoms with Crippen LogP contribution in [0.25, 0.3) is 16.2 Å². The van der Waals surface area contributed by atoms with E-state index in [1.165, 1.54) is 11.3 Å². The fourth-order valence-corrected chi connectivity index (χ4v) is 4.30. The molecule has 1 aromatic carbocycles. The Morgan fingerprint density at radius 2 is 1.84 bits per heavy atom. The Morgan fingerprint density at radius 1 is 1.16 bits per heavy atom. The van der Waals surface area contributed by atoms with Crippen LogP contribution in [0.5, 0.6) is 5.75 Å². The van der Waals surface area contributed by atoms with E-state index < -0.39 is 0 Å². The predicted molar refractivity (Wildman–Crippen MR) is 99.3 cm³/mol. The second kappa shape index (κ2) is 6.31. The lowest BCUT2D eigenvalue weighted by molar-refractivity contribution is 0.126. The highest BCUT2D eigenvalue weighted by atomic mass is 32.1. The molecule has 0 unspecified atom stereocenters. The van der Waals surface area contributed by atoms with Gasteiger partial charge in [-0.15, -0.1) is 5.10 Å². The summed E-state index contributed by atoms with van der Waals surface area (Å²) in [7, 11) is 0. The van der Waals surface area contributed by atoms with Crippen LogP contribution in [0.1, 0.15) is 36.8 Å². The van der Waals surface area contributed by atoms with E-state index in [4.69, 9.17) is 0 Å². The molecule has 1 aliphatic rings. The molecule has 2 aromatic heterocycles. The zero-order valence-corrected chi connectivity index (χ0v) is 15.2. The van der Waals surface area contributed by atoms with Gasteiger partial charge in [-0.1, -0.05) is 11.3 Å². The van der Waals surface area contributed by atoms with Crippen molar-refractivity contribution in [2.24, 2.45) is 0 Å². The number of anilines is 1. The first-order valence-corrected chi connectivity index (χ1v) is 9.42. The topological polar surface area (TPSA) is 82.7 Å². The van der Waals surface area contributed by atoms with Gasteiger partial charge in [0.25, 0.3) is 0 Å². The Morgan fingerprint density at radius 3 is 2.52 bits per heavy atom. The number of aromatic hydroxyl groups is 1. The molecule has 6 nitrogen and oxygen atoms in total. The highest BCUT2D eigenvalue weighted by Gasteiger charge is 2.21. The van der Waals surface area contributed by atoms with E-state index in [9.17, 15) is 10.2 Å². The molecule has 132 valence electrons. The minimum atomic E-state index is -0.153. The molecule has 1 fully saturated rings. The van der Waals surface area contributed by atoms with Crippen LogP contribution in [0.2, 0.25) is 0 Å². The maximum absolute atomic E-state index is 9.98. The van der Waals surface area contributed by atoms with Crippen molar-refractivity contribution in [1.82, 2.24) is 14.6 Å². The minimum absolute atomic E-state index is 0.153. The molecule has 7 heteroatoms. The highest BCUT2D eigenvalue weighted by molar-refractivity contribution is 7.20. The number of benzene rings is 1. The van der Waals surface area contributed by atoms with Crippen LogP contribution in [0, 0.1) is 13.8 Å². The summed E-state index contributed by atoms with van der Waals surface area (Å²) in [5, 5.41) is 28.6. The molecule has 0 bridgehead atoms. The van der Waals surface area contributed by atoms with Gasteiger partial charge in [0.15, 0.2) is 0 Å². The maximum Gasteiger partial charge on any atom is 0.214 e. The van der Waals surface area contributed by atoms with Gasteiger partial charge < -0.3 is 15.5 Å². The Bertz CT molecular complexity index is 886. The van der Waals surface area contributed by atoms with Gasteiger partial charge in [-0.25, -0.2) is 9.50 Å². The molecule has 2 heterocycles. The van der Waals surface area contributed by atoms with Crippen LogP contribution >= 0.6 is 11.3 Å². The lowest BCUT2D eigenvalue weighted by Gasteiger charge is -2.25. The first-order chi connectivity index (χ1) is 12.0. The molecular formula is C18H22N4O2S. The number of phenols is 1. The molecule has 0 amide bonds. The third-order valence-electron chi connectivity index (χ3n) is 4.90. The van der Waals surface area contributed by atoms with Gasteiger partial charge in [0.05, 0.1) is 18.0 Å². The smallest absolute Gasteiger partial charge is 0.214 e. The van der Waals surface area contributed by atoms with Crippen molar-refractivity contribution in [3.05, 3.63) is 29.5 Å². The molecule has 0 atom stereocenters. The second-order valence-corrected chi connectivity index (χ2v) is 7.81. The molecule has 0 aliphatic heterocycles. The number of aliphatic hydroxyl groups excluding tert-OH is 1. The first kappa shape index (κ1) is 16.4. The van der Waals surface area contributed by atoms with Crippen molar-refractivity contribution in [3.8, 4) is 17.0 Å². The molecule has 1 aliphatic carbocycles. The van der Waals surface area contributed by atoms with Crippen molar-refractivity contribution < 1.29 is 10.2 Å². The quantitative estimate of drug-likeness (QED) is 0.667. The standard InChI is InChI=1S/C18H22N4O2S/c1-10-7-12(8-11(2)16(10)24)15-9-19-18-22(15)21-17(25-18)20-13-3-5-14(23)6-4-13/h7-9,13-14,23-24H,3-6H2,1-2H3,(H,20,21). The summed E-state index contributed by atoms with van der Waals surface area (Å²) in [4.78, 5) is 5.32. The summed E-state index contributed by atoms with van der Waals surface area (Å²) >= 11 is 1.54. The lowest BCUT2D eigenvalue weighted by Crippen LogP contribution is -2.28. The summed E-state index contributed by atoms with van der Waals surface area (Å²) in [5.41, 5.74) is 3.61. The molecule has 25 heavy (non-hydrogen) atoms. The van der Waals surface area contributed by atoms with Crippen molar-refractivity contribution in [1.29, 1.82) is 0 Å². The molecule has 1 saturated carbocycles. The van der Waals surface area contributed by atoms with Crippen LogP contribution in [0.15, 0.2) is 18.3 Å². The Balaban J connectivity index is 1.62. The third kappa shape index (κ3) is 3.09. The number of phenolic OH excluding ortho intramolecular Hbond substituents is 1. The number of aryl methyl sites for hydroxylation is 2. The minimum Gasteiger partial charge on any atom is -0.507 e. The first-order valence-electron chi connectivity index (χ1n) is 8.61. The summed E-state index contributed by atoms with van der Waals surface area (Å²) in [6.45, 7) is 3.80. The van der Waals surface area contributed by atoms with Crippen LogP contribution in [0.3, 0.4) is 0 Å². The molecule has 0 saturated heterocycles. The van der Waals surface area contributed by atoms with Crippen LogP contribution < -0.4 is 5.32 Å². The number of aliphatic hydroxyl groups is 1. The van der Waals surface area contributed by atoms with Gasteiger partial charge in [0.1, 0.15) is 5.75 Å². The Hall–Kier alpha value is -2.12. The van der Waals surface area contributed by atoms with E-state index in [0.717, 1.165) is 58.2 Å². The molecule has 3 aromatic rings. The molecule has 3 N–H and O–H groups in total. The van der Waals surface area contributed by atoms with E-state index in [-0.39, 0.29) is 6.10 Å². The van der Waals surface area contributed by atoms with Crippen LogP contribution in [0.4, 0.5) is 5.13 Å². The number of hydrogen-bond acceptors (Lipinski definition) is 6. The van der Waals surface area contributed by atoms with Crippen molar-refractivity contribution in [2.45, 2.75) is 51.7 Å². The van der Waals surface area contributed by atoms with E-state index in [1.54, 1.807) is 0 Å². The zero-order chi connectivity index (χ0) is 17.6.